The van der Waals surface area contributed by atoms with Crippen LogP contribution in [0.2, 0.25) is 0 Å². The van der Waals surface area contributed by atoms with Crippen molar-refractivity contribution in [3.8, 4) is 5.75 Å². The number of ether oxygens (including phenoxy) is 3. The van der Waals surface area contributed by atoms with Crippen LogP contribution >= 0.6 is 11.3 Å². The number of halogens is 3. The summed E-state index contributed by atoms with van der Waals surface area (Å²) >= 11 is 0.513. The minimum Gasteiger partial charge on any atom is -0.492 e. The predicted octanol–water partition coefficient (Wildman–Crippen LogP) is 3.26. The lowest BCUT2D eigenvalue weighted by Gasteiger charge is -2.27. The van der Waals surface area contributed by atoms with E-state index in [9.17, 15) is 18.0 Å². The zero-order valence-corrected chi connectivity index (χ0v) is 18.8. The van der Waals surface area contributed by atoms with Gasteiger partial charge in [-0.15, -0.1) is 11.3 Å². The van der Waals surface area contributed by atoms with Crippen molar-refractivity contribution < 1.29 is 32.2 Å². The fourth-order valence-electron chi connectivity index (χ4n) is 3.45. The van der Waals surface area contributed by atoms with E-state index in [0.29, 0.717) is 24.4 Å². The van der Waals surface area contributed by atoms with Crippen LogP contribution in [-0.4, -0.2) is 62.0 Å². The summed E-state index contributed by atoms with van der Waals surface area (Å²) in [5.41, 5.74) is 1.19. The van der Waals surface area contributed by atoms with Crippen molar-refractivity contribution >= 4 is 17.3 Å². The first-order chi connectivity index (χ1) is 15.2. The van der Waals surface area contributed by atoms with Gasteiger partial charge in [0.25, 0.3) is 0 Å². The molecule has 3 unspecified atom stereocenters. The molecule has 1 N–H and O–H groups in total. The van der Waals surface area contributed by atoms with E-state index in [1.165, 1.54) is 12.5 Å². The number of aromatic nitrogens is 1. The first-order valence-electron chi connectivity index (χ1n) is 10.1. The minimum absolute atomic E-state index is 0.138. The average Bonchev–Trinajstić information content (AvgIpc) is 3.42. The van der Waals surface area contributed by atoms with Crippen molar-refractivity contribution in [2.45, 2.75) is 37.9 Å². The maximum absolute atomic E-state index is 12.9. The van der Waals surface area contributed by atoms with Crippen LogP contribution in [0, 0.1) is 0 Å². The Bertz CT molecular complexity index is 891. The van der Waals surface area contributed by atoms with Crippen molar-refractivity contribution in [1.29, 1.82) is 0 Å². The molecule has 176 valence electrons. The summed E-state index contributed by atoms with van der Waals surface area (Å²) in [6, 6.07) is 7.52. The smallest absolute Gasteiger partial charge is 0.443 e. The number of hydrogen-bond acceptors (Lipinski definition) is 8. The lowest BCUT2D eigenvalue weighted by molar-refractivity contribution is -0.162. The van der Waals surface area contributed by atoms with Crippen molar-refractivity contribution in [3.05, 3.63) is 45.9 Å². The van der Waals surface area contributed by atoms with Crippen LogP contribution in [0.5, 0.6) is 5.75 Å². The van der Waals surface area contributed by atoms with Gasteiger partial charge in [-0.1, -0.05) is 12.1 Å². The molecule has 0 bridgehead atoms. The number of alkyl halides is 3. The van der Waals surface area contributed by atoms with Gasteiger partial charge in [-0.3, -0.25) is 4.90 Å². The topological polar surface area (TPSA) is 72.9 Å². The van der Waals surface area contributed by atoms with Crippen molar-refractivity contribution in [1.82, 2.24) is 15.2 Å². The van der Waals surface area contributed by atoms with E-state index in [2.05, 4.69) is 10.3 Å². The Hall–Kier alpha value is -2.21. The largest absolute Gasteiger partial charge is 0.492 e. The van der Waals surface area contributed by atoms with Crippen LogP contribution < -0.4 is 10.1 Å². The highest BCUT2D eigenvalue weighted by Gasteiger charge is 2.43. The van der Waals surface area contributed by atoms with E-state index in [-0.39, 0.29) is 18.3 Å². The molecule has 1 fully saturated rings. The Labute approximate surface area is 188 Å². The summed E-state index contributed by atoms with van der Waals surface area (Å²) < 4.78 is 55.0. The molecule has 3 rings (SSSR count). The monoisotopic (exact) mass is 473 g/mol. The van der Waals surface area contributed by atoms with E-state index >= 15 is 0 Å². The Balaban J connectivity index is 1.68. The molecule has 0 radical (unpaired) electrons. The van der Waals surface area contributed by atoms with Gasteiger partial charge >= 0.3 is 12.1 Å². The van der Waals surface area contributed by atoms with Crippen LogP contribution in [0.1, 0.15) is 29.3 Å². The fourth-order valence-corrected chi connectivity index (χ4v) is 4.17. The zero-order chi connectivity index (χ0) is 23.3. The molecule has 0 saturated carbocycles. The Morgan fingerprint density at radius 1 is 1.38 bits per heavy atom. The summed E-state index contributed by atoms with van der Waals surface area (Å²) in [4.78, 5) is 17.7. The van der Waals surface area contributed by atoms with Crippen LogP contribution in [-0.2, 0) is 26.9 Å². The van der Waals surface area contributed by atoms with Crippen LogP contribution in [0.25, 0.3) is 0 Å². The number of rotatable bonds is 9. The number of thiazole rings is 1. The van der Waals surface area contributed by atoms with Gasteiger partial charge < -0.3 is 19.5 Å². The normalized spacial score (nSPS) is 20.3. The van der Waals surface area contributed by atoms with Gasteiger partial charge in [0.15, 0.2) is 5.01 Å². The van der Waals surface area contributed by atoms with Crippen LogP contribution in [0.3, 0.4) is 0 Å². The first-order valence-corrected chi connectivity index (χ1v) is 11.0. The standard InChI is InChI=1S/C21H26F3N3O4S/c1-13(10-14-4-6-15(7-5-14)30-9-8-25-2)27-11-17(31-18(27)19(28)29-3)16-12-32-20(26-16)21(22,23)24/h4-7,12-13,17-18,25H,8-11H2,1-3H3. The van der Waals surface area contributed by atoms with Gasteiger partial charge in [0.2, 0.25) is 6.23 Å². The number of carbonyl (C=O) groups excluding carboxylic acids is 1. The highest BCUT2D eigenvalue weighted by molar-refractivity contribution is 7.09. The Morgan fingerprint density at radius 3 is 2.69 bits per heavy atom. The molecule has 32 heavy (non-hydrogen) atoms. The molecular formula is C21H26F3N3O4S. The number of carbonyl (C=O) groups is 1. The number of nitrogens with one attached hydrogen (secondary N) is 1. The quantitative estimate of drug-likeness (QED) is 0.443. The molecule has 0 spiro atoms. The second kappa shape index (κ2) is 10.6. The summed E-state index contributed by atoms with van der Waals surface area (Å²) in [6.07, 6.45) is -5.68. The van der Waals surface area contributed by atoms with Crippen molar-refractivity contribution in [3.63, 3.8) is 0 Å². The maximum atomic E-state index is 12.9. The number of likely N-dealkylation sites (N-methyl/N-ethyl adjacent to an activating group) is 1. The van der Waals surface area contributed by atoms with E-state index in [1.807, 2.05) is 38.2 Å². The van der Waals surface area contributed by atoms with Gasteiger partial charge in [0.1, 0.15) is 18.5 Å². The SMILES string of the molecule is CNCCOc1ccc(CC(C)N2CC(c3csc(C(F)(F)F)n3)OC2C(=O)OC)cc1. The summed E-state index contributed by atoms with van der Waals surface area (Å²) in [5, 5.41) is 3.40. The summed E-state index contributed by atoms with van der Waals surface area (Å²) in [6.45, 7) is 3.47. The van der Waals surface area contributed by atoms with E-state index < -0.39 is 29.5 Å². The molecule has 0 aliphatic carbocycles. The molecule has 1 aliphatic rings. The van der Waals surface area contributed by atoms with E-state index in [0.717, 1.165) is 17.9 Å². The molecule has 2 heterocycles. The Morgan fingerprint density at radius 2 is 2.09 bits per heavy atom. The van der Waals surface area contributed by atoms with Gasteiger partial charge in [-0.2, -0.15) is 13.2 Å². The number of benzene rings is 1. The molecule has 2 aromatic rings. The van der Waals surface area contributed by atoms with E-state index in [4.69, 9.17) is 14.2 Å². The minimum atomic E-state index is -4.51. The fraction of sp³-hybridized carbons (Fsp3) is 0.524. The molecule has 7 nitrogen and oxygen atoms in total. The van der Waals surface area contributed by atoms with Gasteiger partial charge in [0.05, 0.1) is 12.8 Å². The van der Waals surface area contributed by atoms with Crippen molar-refractivity contribution in [2.75, 3.05) is 33.9 Å². The third-order valence-corrected chi connectivity index (χ3v) is 6.01. The van der Waals surface area contributed by atoms with Crippen LogP contribution in [0.4, 0.5) is 13.2 Å². The van der Waals surface area contributed by atoms with Gasteiger partial charge in [-0.05, 0) is 38.1 Å². The second-order valence-electron chi connectivity index (χ2n) is 7.42. The summed E-state index contributed by atoms with van der Waals surface area (Å²) in [7, 11) is 3.10. The van der Waals surface area contributed by atoms with Crippen LogP contribution in [0.15, 0.2) is 29.6 Å². The first kappa shape index (κ1) is 24.4. The molecule has 1 aromatic carbocycles. The third-order valence-electron chi connectivity index (χ3n) is 5.11. The third kappa shape index (κ3) is 5.97. The lowest BCUT2D eigenvalue weighted by Crippen LogP contribution is -2.44. The van der Waals surface area contributed by atoms with E-state index in [1.54, 1.807) is 4.90 Å². The Kier molecular flexibility index (Phi) is 8.10. The number of nitrogens with zero attached hydrogens (tertiary/aromatic N) is 2. The molecule has 1 aromatic heterocycles. The molecule has 1 aliphatic heterocycles. The lowest BCUT2D eigenvalue weighted by atomic mass is 10.1. The molecular weight excluding hydrogens is 447 g/mol. The van der Waals surface area contributed by atoms with Gasteiger partial charge in [0, 0.05) is 24.5 Å². The molecule has 1 saturated heterocycles. The highest BCUT2D eigenvalue weighted by Crippen LogP contribution is 2.36. The summed E-state index contributed by atoms with van der Waals surface area (Å²) in [5.74, 6) is 0.163. The van der Waals surface area contributed by atoms with Gasteiger partial charge in [-0.25, -0.2) is 9.78 Å². The second-order valence-corrected chi connectivity index (χ2v) is 8.28. The molecule has 3 atom stereocenters. The number of hydrogen-bond donors (Lipinski definition) is 1. The maximum Gasteiger partial charge on any atom is 0.443 e. The van der Waals surface area contributed by atoms with Crippen molar-refractivity contribution in [2.24, 2.45) is 0 Å². The number of esters is 1. The number of methoxy groups -OCH3 is 1. The predicted molar refractivity (Wildman–Crippen MR) is 112 cm³/mol. The molecule has 11 heteroatoms. The highest BCUT2D eigenvalue weighted by atomic mass is 32.1. The zero-order valence-electron chi connectivity index (χ0n) is 18.0. The molecule has 0 amide bonds. The average molecular weight is 474 g/mol.